The van der Waals surface area contributed by atoms with E-state index >= 15 is 0 Å². The van der Waals surface area contributed by atoms with Crippen molar-refractivity contribution in [3.8, 4) is 0 Å². The third-order valence-corrected chi connectivity index (χ3v) is 4.53. The molecule has 0 radical (unpaired) electrons. The van der Waals surface area contributed by atoms with Crippen LogP contribution in [0.2, 0.25) is 0 Å². The summed E-state index contributed by atoms with van der Waals surface area (Å²) in [7, 11) is 0. The van der Waals surface area contributed by atoms with Gasteiger partial charge in [0, 0.05) is 12.3 Å². The molecular formula is C19H32O4. The molecule has 4 atom stereocenters. The van der Waals surface area contributed by atoms with Gasteiger partial charge in [-0.2, -0.15) is 0 Å². The molecule has 4 nitrogen and oxygen atoms in total. The lowest BCUT2D eigenvalue weighted by Crippen LogP contribution is -2.18. The van der Waals surface area contributed by atoms with E-state index in [2.05, 4.69) is 13.0 Å². The van der Waals surface area contributed by atoms with E-state index in [4.69, 9.17) is 5.11 Å². The van der Waals surface area contributed by atoms with Crippen LogP contribution in [0.1, 0.15) is 64.7 Å². The second-order valence-corrected chi connectivity index (χ2v) is 6.56. The molecule has 4 heteroatoms. The smallest absolute Gasteiger partial charge is 0.303 e. The molecule has 0 spiro atoms. The Bertz CT molecular complexity index is 389. The summed E-state index contributed by atoms with van der Waals surface area (Å²) in [5, 5.41) is 28.6. The number of unbranched alkanes of at least 4 members (excludes halogenated alkanes) is 4. The molecule has 23 heavy (non-hydrogen) atoms. The number of carboxylic acids is 1. The first kappa shape index (κ1) is 19.9. The summed E-state index contributed by atoms with van der Waals surface area (Å²) in [6.07, 6.45) is 14.7. The summed E-state index contributed by atoms with van der Waals surface area (Å²) in [6.45, 7) is 2.10. The Morgan fingerprint density at radius 2 is 1.91 bits per heavy atom. The fraction of sp³-hybridized carbons (Fsp3) is 0.737. The molecule has 3 N–H and O–H groups in total. The second kappa shape index (κ2) is 11.4. The van der Waals surface area contributed by atoms with Gasteiger partial charge in [0.25, 0.3) is 0 Å². The number of aliphatic hydroxyl groups excluding tert-OH is 2. The van der Waals surface area contributed by atoms with E-state index in [0.717, 1.165) is 51.4 Å². The third kappa shape index (κ3) is 8.33. The predicted molar refractivity (Wildman–Crippen MR) is 92.1 cm³/mol. The van der Waals surface area contributed by atoms with Crippen molar-refractivity contribution in [2.45, 2.75) is 76.9 Å². The zero-order valence-corrected chi connectivity index (χ0v) is 14.2. The summed E-state index contributed by atoms with van der Waals surface area (Å²) in [5.41, 5.74) is 0. The molecule has 1 aliphatic carbocycles. The zero-order chi connectivity index (χ0) is 17.1. The van der Waals surface area contributed by atoms with Crippen molar-refractivity contribution in [2.24, 2.45) is 11.8 Å². The first-order chi connectivity index (χ1) is 11.0. The standard InChI is InChI=1S/C19H32O4/c1-2-3-9-16(20)12-13-17-15(11-14-18(17)21)8-6-4-5-7-10-19(22)23/h11-18,20-21H,2-10H2,1H3,(H,22,23)/b13-12+/t15?,16-,17?,18+/m0/s1. The number of hydrogen-bond acceptors (Lipinski definition) is 3. The number of carbonyl (C=O) groups is 1. The van der Waals surface area contributed by atoms with Crippen LogP contribution in [0.15, 0.2) is 24.3 Å². The number of hydrogen-bond donors (Lipinski definition) is 3. The van der Waals surface area contributed by atoms with E-state index in [9.17, 15) is 15.0 Å². The van der Waals surface area contributed by atoms with Gasteiger partial charge in [0.15, 0.2) is 0 Å². The first-order valence-corrected chi connectivity index (χ1v) is 8.99. The molecule has 0 aliphatic heterocycles. The minimum absolute atomic E-state index is 0.0605. The average Bonchev–Trinajstić information content (AvgIpc) is 2.86. The van der Waals surface area contributed by atoms with Gasteiger partial charge in [0.2, 0.25) is 0 Å². The lowest BCUT2D eigenvalue weighted by Gasteiger charge is -2.19. The molecule has 2 unspecified atom stereocenters. The minimum Gasteiger partial charge on any atom is -0.481 e. The SMILES string of the molecule is CCCC[C@H](O)/C=C/C1C(CCCCCCC(=O)O)C=C[C@H]1O. The number of carboxylic acid groups (broad SMARTS) is 1. The van der Waals surface area contributed by atoms with E-state index in [1.807, 2.05) is 18.2 Å². The van der Waals surface area contributed by atoms with Crippen molar-refractivity contribution in [3.63, 3.8) is 0 Å². The van der Waals surface area contributed by atoms with Crippen molar-refractivity contribution >= 4 is 5.97 Å². The summed E-state index contributed by atoms with van der Waals surface area (Å²) in [4.78, 5) is 10.4. The Labute approximate surface area is 139 Å². The van der Waals surface area contributed by atoms with E-state index in [0.29, 0.717) is 5.92 Å². The van der Waals surface area contributed by atoms with E-state index in [1.165, 1.54) is 0 Å². The molecule has 132 valence electrons. The summed E-state index contributed by atoms with van der Waals surface area (Å²) in [6, 6.07) is 0. The highest BCUT2D eigenvalue weighted by atomic mass is 16.4. The maximum absolute atomic E-state index is 10.4. The number of rotatable bonds is 12. The summed E-state index contributed by atoms with van der Waals surface area (Å²) in [5.74, 6) is -0.344. The second-order valence-electron chi connectivity index (χ2n) is 6.56. The quantitative estimate of drug-likeness (QED) is 0.378. The van der Waals surface area contributed by atoms with E-state index < -0.39 is 18.2 Å². The van der Waals surface area contributed by atoms with Gasteiger partial charge in [-0.25, -0.2) is 0 Å². The molecule has 0 bridgehead atoms. The normalized spacial score (nSPS) is 25.3. The molecule has 0 saturated heterocycles. The van der Waals surface area contributed by atoms with Crippen molar-refractivity contribution in [1.82, 2.24) is 0 Å². The maximum Gasteiger partial charge on any atom is 0.303 e. The van der Waals surface area contributed by atoms with Crippen LogP contribution < -0.4 is 0 Å². The van der Waals surface area contributed by atoms with Crippen LogP contribution in [0.4, 0.5) is 0 Å². The van der Waals surface area contributed by atoms with Gasteiger partial charge in [0.05, 0.1) is 12.2 Å². The molecule has 0 amide bonds. The fourth-order valence-electron chi connectivity index (χ4n) is 3.09. The van der Waals surface area contributed by atoms with Crippen molar-refractivity contribution in [1.29, 1.82) is 0 Å². The van der Waals surface area contributed by atoms with Gasteiger partial charge < -0.3 is 15.3 Å². The maximum atomic E-state index is 10.4. The van der Waals surface area contributed by atoms with Gasteiger partial charge in [-0.1, -0.05) is 63.3 Å². The molecule has 0 aromatic heterocycles. The topological polar surface area (TPSA) is 77.8 Å². The fourth-order valence-corrected chi connectivity index (χ4v) is 3.09. The number of allylic oxidation sites excluding steroid dienone is 1. The van der Waals surface area contributed by atoms with Gasteiger partial charge in [-0.05, 0) is 25.2 Å². The number of aliphatic carboxylic acids is 1. The molecule has 0 heterocycles. The van der Waals surface area contributed by atoms with Gasteiger partial charge in [-0.15, -0.1) is 0 Å². The van der Waals surface area contributed by atoms with Crippen molar-refractivity contribution < 1.29 is 20.1 Å². The summed E-state index contributed by atoms with van der Waals surface area (Å²) < 4.78 is 0. The van der Waals surface area contributed by atoms with Gasteiger partial charge in [-0.3, -0.25) is 4.79 Å². The zero-order valence-electron chi connectivity index (χ0n) is 14.2. The molecule has 1 rings (SSSR count). The first-order valence-electron chi connectivity index (χ1n) is 8.99. The number of aliphatic hydroxyl groups is 2. The van der Waals surface area contributed by atoms with Crippen LogP contribution in [-0.2, 0) is 4.79 Å². The summed E-state index contributed by atoms with van der Waals surface area (Å²) >= 11 is 0. The van der Waals surface area contributed by atoms with E-state index in [1.54, 1.807) is 0 Å². The van der Waals surface area contributed by atoms with Crippen molar-refractivity contribution in [2.75, 3.05) is 0 Å². The molecule has 1 aliphatic rings. The van der Waals surface area contributed by atoms with Gasteiger partial charge >= 0.3 is 5.97 Å². The lowest BCUT2D eigenvalue weighted by molar-refractivity contribution is -0.137. The Balaban J connectivity index is 2.29. The molecule has 0 aromatic carbocycles. The van der Waals surface area contributed by atoms with Crippen LogP contribution in [0.3, 0.4) is 0 Å². The average molecular weight is 324 g/mol. The third-order valence-electron chi connectivity index (χ3n) is 4.53. The predicted octanol–water partition coefficient (Wildman–Crippen LogP) is 3.68. The van der Waals surface area contributed by atoms with Crippen molar-refractivity contribution in [3.05, 3.63) is 24.3 Å². The highest BCUT2D eigenvalue weighted by Crippen LogP contribution is 2.31. The lowest BCUT2D eigenvalue weighted by atomic mass is 9.88. The molecule has 0 aromatic rings. The molecule has 0 fully saturated rings. The molecule has 0 saturated carbocycles. The van der Waals surface area contributed by atoms with Crippen LogP contribution in [-0.4, -0.2) is 33.5 Å². The van der Waals surface area contributed by atoms with Crippen LogP contribution in [0.5, 0.6) is 0 Å². The van der Waals surface area contributed by atoms with Crippen LogP contribution in [0, 0.1) is 11.8 Å². The van der Waals surface area contributed by atoms with Gasteiger partial charge in [0.1, 0.15) is 0 Å². The Hall–Kier alpha value is -1.13. The van der Waals surface area contributed by atoms with E-state index in [-0.39, 0.29) is 12.3 Å². The van der Waals surface area contributed by atoms with Crippen LogP contribution in [0.25, 0.3) is 0 Å². The Morgan fingerprint density at radius 1 is 1.17 bits per heavy atom. The molecular weight excluding hydrogens is 292 g/mol. The van der Waals surface area contributed by atoms with Crippen LogP contribution >= 0.6 is 0 Å². The monoisotopic (exact) mass is 324 g/mol. The largest absolute Gasteiger partial charge is 0.481 e. The Morgan fingerprint density at radius 3 is 2.61 bits per heavy atom. The Kier molecular flexibility index (Phi) is 9.88. The highest BCUT2D eigenvalue weighted by molar-refractivity contribution is 5.66. The minimum atomic E-state index is -0.723. The highest BCUT2D eigenvalue weighted by Gasteiger charge is 2.27.